The van der Waals surface area contributed by atoms with Crippen LogP contribution in [0.2, 0.25) is 0 Å². The van der Waals surface area contributed by atoms with Gasteiger partial charge in [0.05, 0.1) is 11.2 Å². The van der Waals surface area contributed by atoms with Gasteiger partial charge in [-0.05, 0) is 31.9 Å². The lowest BCUT2D eigenvalue weighted by Crippen LogP contribution is -2.42. The van der Waals surface area contributed by atoms with Gasteiger partial charge >= 0.3 is 0 Å². The molecule has 100 valence electrons. The molecule has 0 atom stereocenters. The number of hydrogen-bond donors (Lipinski definition) is 3. The minimum Gasteiger partial charge on any atom is -0.398 e. The fourth-order valence-electron chi connectivity index (χ4n) is 1.71. The second-order valence-corrected chi connectivity index (χ2v) is 4.70. The topological polar surface area (TPSA) is 75.3 Å². The first-order valence-electron chi connectivity index (χ1n) is 6.28. The normalized spacial score (nSPS) is 11.3. The van der Waals surface area contributed by atoms with Gasteiger partial charge in [-0.2, -0.15) is 0 Å². The molecule has 0 aliphatic heterocycles. The molecule has 1 amide bonds. The van der Waals surface area contributed by atoms with Gasteiger partial charge < -0.3 is 16.2 Å². The van der Waals surface area contributed by atoms with Crippen LogP contribution >= 0.6 is 0 Å². The molecule has 1 aromatic rings. The number of carbonyl (C=O) groups excluding carboxylic acids is 1. The predicted molar refractivity (Wildman–Crippen MR) is 73.5 cm³/mol. The molecule has 0 fully saturated rings. The van der Waals surface area contributed by atoms with Gasteiger partial charge in [-0.15, -0.1) is 0 Å². The average Bonchev–Trinajstić information content (AvgIpc) is 2.38. The van der Waals surface area contributed by atoms with E-state index in [0.717, 1.165) is 5.56 Å². The predicted octanol–water partition coefficient (Wildman–Crippen LogP) is 1.86. The van der Waals surface area contributed by atoms with Crippen LogP contribution < -0.4 is 11.1 Å². The Bertz CT molecular complexity index is 426. The number of benzene rings is 1. The zero-order valence-corrected chi connectivity index (χ0v) is 11.3. The van der Waals surface area contributed by atoms with Crippen molar-refractivity contribution in [3.63, 3.8) is 0 Å². The van der Waals surface area contributed by atoms with Gasteiger partial charge in [0.2, 0.25) is 0 Å². The highest BCUT2D eigenvalue weighted by atomic mass is 16.3. The van der Waals surface area contributed by atoms with E-state index in [1.165, 1.54) is 0 Å². The molecule has 0 radical (unpaired) electrons. The van der Waals surface area contributed by atoms with Gasteiger partial charge in [0, 0.05) is 12.2 Å². The quantitative estimate of drug-likeness (QED) is 0.698. The third-order valence-corrected chi connectivity index (χ3v) is 3.35. The number of anilines is 1. The molecule has 18 heavy (non-hydrogen) atoms. The van der Waals surface area contributed by atoms with E-state index in [-0.39, 0.29) is 12.5 Å². The van der Waals surface area contributed by atoms with Crippen molar-refractivity contribution in [2.45, 2.75) is 39.2 Å². The first-order valence-corrected chi connectivity index (χ1v) is 6.28. The lowest BCUT2D eigenvalue weighted by molar-refractivity contribution is 0.0314. The van der Waals surface area contributed by atoms with Crippen LogP contribution in [0.4, 0.5) is 5.69 Å². The smallest absolute Gasteiger partial charge is 0.253 e. The van der Waals surface area contributed by atoms with E-state index >= 15 is 0 Å². The Morgan fingerprint density at radius 1 is 1.39 bits per heavy atom. The summed E-state index contributed by atoms with van der Waals surface area (Å²) in [6.45, 7) is 5.95. The largest absolute Gasteiger partial charge is 0.398 e. The van der Waals surface area contributed by atoms with E-state index in [1.54, 1.807) is 12.1 Å². The van der Waals surface area contributed by atoms with E-state index in [4.69, 9.17) is 5.73 Å². The Morgan fingerprint density at radius 2 is 2.00 bits per heavy atom. The number of aliphatic hydroxyl groups is 1. The maximum absolute atomic E-state index is 12.0. The third-order valence-electron chi connectivity index (χ3n) is 3.35. The summed E-state index contributed by atoms with van der Waals surface area (Å²) in [4.78, 5) is 12.0. The molecule has 4 heteroatoms. The van der Waals surface area contributed by atoms with E-state index in [9.17, 15) is 9.90 Å². The molecular formula is C14H22N2O2. The molecule has 0 spiro atoms. The molecule has 0 aliphatic rings. The van der Waals surface area contributed by atoms with Crippen LogP contribution in [0.5, 0.6) is 0 Å². The molecule has 0 unspecified atom stereocenters. The number of carbonyl (C=O) groups is 1. The van der Waals surface area contributed by atoms with Crippen molar-refractivity contribution in [3.8, 4) is 0 Å². The van der Waals surface area contributed by atoms with Crippen molar-refractivity contribution in [1.29, 1.82) is 0 Å². The third kappa shape index (κ3) is 3.47. The summed E-state index contributed by atoms with van der Waals surface area (Å²) in [5.74, 6) is -0.239. The van der Waals surface area contributed by atoms with Gasteiger partial charge in [0.15, 0.2) is 0 Å². The number of aryl methyl sites for hydroxylation is 1. The van der Waals surface area contributed by atoms with Crippen molar-refractivity contribution in [3.05, 3.63) is 29.3 Å². The Morgan fingerprint density at radius 3 is 2.56 bits per heavy atom. The van der Waals surface area contributed by atoms with Gasteiger partial charge in [-0.3, -0.25) is 4.79 Å². The molecule has 0 aromatic heterocycles. The molecule has 0 heterocycles. The number of nitrogens with two attached hydrogens (primary N) is 1. The Kier molecular flexibility index (Phi) is 4.73. The van der Waals surface area contributed by atoms with Crippen molar-refractivity contribution in [1.82, 2.24) is 5.32 Å². The molecule has 0 aliphatic carbocycles. The van der Waals surface area contributed by atoms with Crippen LogP contribution in [0.25, 0.3) is 0 Å². The van der Waals surface area contributed by atoms with Crippen LogP contribution in [-0.4, -0.2) is 23.2 Å². The maximum atomic E-state index is 12.0. The van der Waals surface area contributed by atoms with E-state index < -0.39 is 5.60 Å². The fraction of sp³-hybridized carbons (Fsp3) is 0.500. The number of nitrogen functional groups attached to an aromatic ring is 1. The van der Waals surface area contributed by atoms with E-state index in [1.807, 2.05) is 26.8 Å². The van der Waals surface area contributed by atoms with Crippen molar-refractivity contribution in [2.24, 2.45) is 0 Å². The van der Waals surface area contributed by atoms with E-state index in [2.05, 4.69) is 5.32 Å². The summed E-state index contributed by atoms with van der Waals surface area (Å²) < 4.78 is 0. The first kappa shape index (κ1) is 14.5. The number of rotatable bonds is 5. The molecule has 0 saturated carbocycles. The minimum atomic E-state index is -0.839. The summed E-state index contributed by atoms with van der Waals surface area (Å²) in [5, 5.41) is 12.8. The van der Waals surface area contributed by atoms with Gasteiger partial charge in [0.25, 0.3) is 5.91 Å². The number of amides is 1. The average molecular weight is 250 g/mol. The molecule has 0 saturated heterocycles. The monoisotopic (exact) mass is 250 g/mol. The van der Waals surface area contributed by atoms with Gasteiger partial charge in [0.1, 0.15) is 0 Å². The molecule has 4 N–H and O–H groups in total. The molecule has 1 rings (SSSR count). The van der Waals surface area contributed by atoms with Crippen LogP contribution in [0.15, 0.2) is 18.2 Å². The van der Waals surface area contributed by atoms with Crippen LogP contribution in [0.3, 0.4) is 0 Å². The molecule has 4 nitrogen and oxygen atoms in total. The maximum Gasteiger partial charge on any atom is 0.253 e. The van der Waals surface area contributed by atoms with Crippen molar-refractivity contribution >= 4 is 11.6 Å². The second kappa shape index (κ2) is 5.87. The summed E-state index contributed by atoms with van der Waals surface area (Å²) >= 11 is 0. The van der Waals surface area contributed by atoms with Crippen molar-refractivity contribution in [2.75, 3.05) is 12.3 Å². The van der Waals surface area contributed by atoms with Crippen LogP contribution in [0, 0.1) is 6.92 Å². The zero-order chi connectivity index (χ0) is 13.8. The van der Waals surface area contributed by atoms with E-state index in [0.29, 0.717) is 24.1 Å². The van der Waals surface area contributed by atoms with Gasteiger partial charge in [-0.1, -0.05) is 25.5 Å². The SMILES string of the molecule is CCC(O)(CC)CNC(=O)c1cc(C)ccc1N. The lowest BCUT2D eigenvalue weighted by Gasteiger charge is -2.25. The summed E-state index contributed by atoms with van der Waals surface area (Å²) in [6.07, 6.45) is 1.21. The first-order chi connectivity index (χ1) is 8.41. The Labute approximate surface area is 108 Å². The van der Waals surface area contributed by atoms with Gasteiger partial charge in [-0.25, -0.2) is 0 Å². The number of hydrogen-bond acceptors (Lipinski definition) is 3. The summed E-state index contributed by atoms with van der Waals surface area (Å²) in [7, 11) is 0. The standard InChI is InChI=1S/C14H22N2O2/c1-4-14(18,5-2)9-16-13(17)11-8-10(3)6-7-12(11)15/h6-8,18H,4-5,9,15H2,1-3H3,(H,16,17). The highest BCUT2D eigenvalue weighted by molar-refractivity contribution is 5.99. The molecule has 1 aromatic carbocycles. The Balaban J connectivity index is 2.74. The van der Waals surface area contributed by atoms with Crippen LogP contribution in [-0.2, 0) is 0 Å². The molecular weight excluding hydrogens is 228 g/mol. The minimum absolute atomic E-state index is 0.239. The highest BCUT2D eigenvalue weighted by Crippen LogP contribution is 2.16. The molecule has 0 bridgehead atoms. The summed E-state index contributed by atoms with van der Waals surface area (Å²) in [5.41, 5.74) is 6.83. The highest BCUT2D eigenvalue weighted by Gasteiger charge is 2.23. The zero-order valence-electron chi connectivity index (χ0n) is 11.3. The number of nitrogens with one attached hydrogen (secondary N) is 1. The lowest BCUT2D eigenvalue weighted by atomic mass is 9.97. The van der Waals surface area contributed by atoms with Crippen LogP contribution in [0.1, 0.15) is 42.6 Å². The van der Waals surface area contributed by atoms with Crippen molar-refractivity contribution < 1.29 is 9.90 Å². The fourth-order valence-corrected chi connectivity index (χ4v) is 1.71. The Hall–Kier alpha value is -1.55. The summed E-state index contributed by atoms with van der Waals surface area (Å²) in [6, 6.07) is 5.33. The second-order valence-electron chi connectivity index (χ2n) is 4.70.